The van der Waals surface area contributed by atoms with Crippen molar-refractivity contribution in [3.05, 3.63) is 111 Å². The number of carboxylic acid groups (broad SMARTS) is 1. The Labute approximate surface area is 187 Å². The van der Waals surface area contributed by atoms with Gasteiger partial charge in [0.25, 0.3) is 17.4 Å². The average molecular weight is 444 g/mol. The van der Waals surface area contributed by atoms with E-state index in [0.29, 0.717) is 11.1 Å². The van der Waals surface area contributed by atoms with Crippen molar-refractivity contribution in [3.63, 3.8) is 0 Å². The van der Waals surface area contributed by atoms with Gasteiger partial charge in [-0.15, -0.1) is 0 Å². The lowest BCUT2D eigenvalue weighted by Gasteiger charge is -2.25. The van der Waals surface area contributed by atoms with E-state index in [2.05, 4.69) is 0 Å². The Hall–Kier alpha value is -4.79. The van der Waals surface area contributed by atoms with E-state index < -0.39 is 34.4 Å². The van der Waals surface area contributed by atoms with Crippen LogP contribution >= 0.6 is 0 Å². The van der Waals surface area contributed by atoms with Crippen LogP contribution in [0.25, 0.3) is 5.76 Å². The standard InChI is InChI=1S/C24H16N2O7/c27-21(15-5-2-1-3-6-15)19-20(14-9-11-17(12-10-14)26(32)33)25(23(29)22(19)28)18-8-4-7-16(13-18)24(30)31/h1-13,20,27H,(H,30,31)/t20-/m1/s1. The highest BCUT2D eigenvalue weighted by atomic mass is 16.6. The maximum absolute atomic E-state index is 13.1. The number of Topliss-reactive ketones (excluding diaryl/α,β-unsaturated/α-hetero) is 1. The van der Waals surface area contributed by atoms with Crippen molar-refractivity contribution in [3.8, 4) is 0 Å². The summed E-state index contributed by atoms with van der Waals surface area (Å²) in [5, 5.41) is 31.4. The maximum atomic E-state index is 13.1. The Balaban J connectivity index is 1.94. The molecule has 1 aliphatic heterocycles. The predicted molar refractivity (Wildman–Crippen MR) is 118 cm³/mol. The van der Waals surface area contributed by atoms with Crippen LogP contribution in [0.5, 0.6) is 0 Å². The quantitative estimate of drug-likeness (QED) is 0.200. The first kappa shape index (κ1) is 21.4. The molecule has 0 radical (unpaired) electrons. The van der Waals surface area contributed by atoms with Crippen molar-refractivity contribution in [1.29, 1.82) is 0 Å². The van der Waals surface area contributed by atoms with E-state index in [-0.39, 0.29) is 22.5 Å². The highest BCUT2D eigenvalue weighted by molar-refractivity contribution is 6.51. The van der Waals surface area contributed by atoms with Crippen molar-refractivity contribution in [1.82, 2.24) is 0 Å². The zero-order valence-corrected chi connectivity index (χ0v) is 16.9. The van der Waals surface area contributed by atoms with Gasteiger partial charge in [0.15, 0.2) is 0 Å². The number of anilines is 1. The summed E-state index contributed by atoms with van der Waals surface area (Å²) in [7, 11) is 0. The highest BCUT2D eigenvalue weighted by Gasteiger charge is 2.47. The molecule has 1 saturated heterocycles. The molecular formula is C24H16N2O7. The summed E-state index contributed by atoms with van der Waals surface area (Å²) in [5.41, 5.74) is 0.277. The molecular weight excluding hydrogens is 428 g/mol. The molecule has 164 valence electrons. The highest BCUT2D eigenvalue weighted by Crippen LogP contribution is 2.42. The number of carboxylic acids is 1. The molecule has 0 aliphatic carbocycles. The molecule has 2 N–H and O–H groups in total. The first-order valence-corrected chi connectivity index (χ1v) is 9.73. The first-order valence-electron chi connectivity index (χ1n) is 9.73. The van der Waals surface area contributed by atoms with Crippen molar-refractivity contribution < 1.29 is 29.5 Å². The minimum atomic E-state index is -1.22. The molecule has 1 atom stereocenters. The van der Waals surface area contributed by atoms with Gasteiger partial charge < -0.3 is 10.2 Å². The van der Waals surface area contributed by atoms with Crippen molar-refractivity contribution in [2.24, 2.45) is 0 Å². The Kier molecular flexibility index (Phi) is 5.45. The number of nitro groups is 1. The molecule has 3 aromatic rings. The fourth-order valence-corrected chi connectivity index (χ4v) is 3.73. The second kappa shape index (κ2) is 8.39. The zero-order chi connectivity index (χ0) is 23.7. The van der Waals surface area contributed by atoms with Crippen LogP contribution in [0.2, 0.25) is 0 Å². The molecule has 9 nitrogen and oxygen atoms in total. The van der Waals surface area contributed by atoms with Gasteiger partial charge in [0.1, 0.15) is 5.76 Å². The molecule has 0 spiro atoms. The van der Waals surface area contributed by atoms with Gasteiger partial charge in [0.05, 0.1) is 22.1 Å². The fourth-order valence-electron chi connectivity index (χ4n) is 3.73. The minimum absolute atomic E-state index is 0.0973. The molecule has 0 aromatic heterocycles. The third-order valence-electron chi connectivity index (χ3n) is 5.28. The summed E-state index contributed by atoms with van der Waals surface area (Å²) in [6.45, 7) is 0. The van der Waals surface area contributed by atoms with Crippen LogP contribution in [0.1, 0.15) is 27.5 Å². The Morgan fingerprint density at radius 1 is 0.879 bits per heavy atom. The van der Waals surface area contributed by atoms with Crippen LogP contribution in [0, 0.1) is 10.1 Å². The number of hydrogen-bond acceptors (Lipinski definition) is 6. The lowest BCUT2D eigenvalue weighted by atomic mass is 9.95. The van der Waals surface area contributed by atoms with Crippen molar-refractivity contribution in [2.45, 2.75) is 6.04 Å². The second-order valence-electron chi connectivity index (χ2n) is 7.24. The summed E-state index contributed by atoms with van der Waals surface area (Å²) < 4.78 is 0. The number of nitrogens with zero attached hydrogens (tertiary/aromatic N) is 2. The molecule has 0 unspecified atom stereocenters. The molecule has 0 saturated carbocycles. The van der Waals surface area contributed by atoms with E-state index in [1.165, 1.54) is 48.5 Å². The van der Waals surface area contributed by atoms with Gasteiger partial charge in [-0.25, -0.2) is 4.79 Å². The monoisotopic (exact) mass is 444 g/mol. The lowest BCUT2D eigenvalue weighted by molar-refractivity contribution is -0.384. The Morgan fingerprint density at radius 2 is 1.52 bits per heavy atom. The lowest BCUT2D eigenvalue weighted by Crippen LogP contribution is -2.29. The molecule has 9 heteroatoms. The predicted octanol–water partition coefficient (Wildman–Crippen LogP) is 3.92. The number of benzene rings is 3. The maximum Gasteiger partial charge on any atom is 0.335 e. The third-order valence-corrected chi connectivity index (χ3v) is 5.28. The summed E-state index contributed by atoms with van der Waals surface area (Å²) in [6.07, 6.45) is 0. The summed E-state index contributed by atoms with van der Waals surface area (Å²) >= 11 is 0. The first-order chi connectivity index (χ1) is 15.8. The van der Waals surface area contributed by atoms with E-state index in [1.807, 2.05) is 0 Å². The number of aliphatic hydroxyl groups excluding tert-OH is 1. The van der Waals surface area contributed by atoms with E-state index in [9.17, 15) is 34.7 Å². The third kappa shape index (κ3) is 3.83. The summed E-state index contributed by atoms with van der Waals surface area (Å²) in [4.78, 5) is 49.1. The topological polar surface area (TPSA) is 138 Å². The van der Waals surface area contributed by atoms with Crippen LogP contribution in [0.15, 0.2) is 84.4 Å². The van der Waals surface area contributed by atoms with Gasteiger partial charge in [0.2, 0.25) is 0 Å². The molecule has 1 amide bonds. The van der Waals surface area contributed by atoms with Crippen LogP contribution in [0.4, 0.5) is 11.4 Å². The smallest absolute Gasteiger partial charge is 0.335 e. The van der Waals surface area contributed by atoms with Gasteiger partial charge in [-0.1, -0.05) is 36.4 Å². The molecule has 1 heterocycles. The molecule has 3 aromatic carbocycles. The van der Waals surface area contributed by atoms with E-state index in [0.717, 1.165) is 4.90 Å². The molecule has 1 aliphatic rings. The molecule has 0 bridgehead atoms. The van der Waals surface area contributed by atoms with Gasteiger partial charge in [-0.3, -0.25) is 24.6 Å². The summed E-state index contributed by atoms with van der Waals surface area (Å²) in [6, 6.07) is 17.8. The van der Waals surface area contributed by atoms with E-state index in [1.54, 1.807) is 30.3 Å². The van der Waals surface area contributed by atoms with Gasteiger partial charge in [0, 0.05) is 23.4 Å². The van der Waals surface area contributed by atoms with E-state index in [4.69, 9.17) is 0 Å². The SMILES string of the molecule is O=C1C(=O)N(c2cccc(C(=O)O)c2)[C@H](c2ccc([N+](=O)[O-])cc2)C1=C(O)c1ccccc1. The summed E-state index contributed by atoms with van der Waals surface area (Å²) in [5.74, 6) is -3.54. The van der Waals surface area contributed by atoms with Crippen LogP contribution in [-0.2, 0) is 9.59 Å². The fraction of sp³-hybridized carbons (Fsp3) is 0.0417. The van der Waals surface area contributed by atoms with Crippen LogP contribution in [0.3, 0.4) is 0 Å². The number of aliphatic hydroxyl groups is 1. The van der Waals surface area contributed by atoms with Gasteiger partial charge in [-0.05, 0) is 35.9 Å². The number of non-ortho nitro benzene ring substituents is 1. The van der Waals surface area contributed by atoms with Crippen molar-refractivity contribution in [2.75, 3.05) is 4.90 Å². The number of nitro benzene ring substituents is 1. The van der Waals surface area contributed by atoms with Crippen LogP contribution in [-0.4, -0.2) is 32.8 Å². The average Bonchev–Trinajstić information content (AvgIpc) is 3.09. The second-order valence-corrected chi connectivity index (χ2v) is 7.24. The van der Waals surface area contributed by atoms with Crippen molar-refractivity contribution >= 4 is 34.8 Å². The number of carbonyl (C=O) groups is 3. The van der Waals surface area contributed by atoms with Gasteiger partial charge in [-0.2, -0.15) is 0 Å². The van der Waals surface area contributed by atoms with E-state index >= 15 is 0 Å². The zero-order valence-electron chi connectivity index (χ0n) is 16.9. The molecule has 1 fully saturated rings. The number of carbonyl (C=O) groups excluding carboxylic acids is 2. The number of hydrogen-bond donors (Lipinski definition) is 2. The number of ketones is 1. The largest absolute Gasteiger partial charge is 0.507 e. The molecule has 33 heavy (non-hydrogen) atoms. The minimum Gasteiger partial charge on any atom is -0.507 e. The Morgan fingerprint density at radius 3 is 2.12 bits per heavy atom. The number of rotatable bonds is 5. The number of aromatic carboxylic acids is 1. The van der Waals surface area contributed by atoms with Gasteiger partial charge >= 0.3 is 5.97 Å². The Bertz CT molecular complexity index is 1310. The number of amides is 1. The van der Waals surface area contributed by atoms with Crippen LogP contribution < -0.4 is 4.90 Å². The normalized spacial score (nSPS) is 17.2. The molecule has 4 rings (SSSR count).